The third kappa shape index (κ3) is 3.20. The number of nitrogens with zero attached hydrogens (tertiary/aromatic N) is 2. The molecule has 1 heterocycles. The van der Waals surface area contributed by atoms with Crippen molar-refractivity contribution < 1.29 is 0 Å². The fourth-order valence-electron chi connectivity index (χ4n) is 1.59. The summed E-state index contributed by atoms with van der Waals surface area (Å²) in [7, 11) is 3.93. The molecule has 0 aromatic carbocycles. The van der Waals surface area contributed by atoms with Crippen LogP contribution in [-0.2, 0) is 7.05 Å². The fraction of sp³-hybridized carbons (Fsp3) is 0.583. The lowest BCUT2D eigenvalue weighted by Crippen LogP contribution is -2.13. The highest BCUT2D eigenvalue weighted by Crippen LogP contribution is 2.15. The van der Waals surface area contributed by atoms with Crippen LogP contribution in [0.1, 0.15) is 25.1 Å². The highest BCUT2D eigenvalue weighted by atomic mass is 15.2. The number of hydrogen-bond acceptors (Lipinski definition) is 2. The molecule has 0 bridgehead atoms. The van der Waals surface area contributed by atoms with E-state index in [0.717, 1.165) is 12.2 Å². The van der Waals surface area contributed by atoms with Gasteiger partial charge in [0.25, 0.3) is 0 Å². The first-order chi connectivity index (χ1) is 7.04. The SMILES string of the molecule is CNCC(=Cc1cn(C)nc1C)C(C)C. The second kappa shape index (κ2) is 5.12. The Morgan fingerprint density at radius 2 is 2.27 bits per heavy atom. The first-order valence-electron chi connectivity index (χ1n) is 5.40. The first kappa shape index (κ1) is 12.0. The van der Waals surface area contributed by atoms with Crippen molar-refractivity contribution in [1.29, 1.82) is 0 Å². The molecule has 0 radical (unpaired) electrons. The normalized spacial score (nSPS) is 12.5. The van der Waals surface area contributed by atoms with Crippen LogP contribution in [0.15, 0.2) is 11.8 Å². The molecule has 1 rings (SSSR count). The molecule has 0 saturated carbocycles. The van der Waals surface area contributed by atoms with Gasteiger partial charge in [-0.15, -0.1) is 0 Å². The van der Waals surface area contributed by atoms with Crippen molar-refractivity contribution in [3.63, 3.8) is 0 Å². The Morgan fingerprint density at radius 1 is 1.60 bits per heavy atom. The second-order valence-electron chi connectivity index (χ2n) is 4.25. The van der Waals surface area contributed by atoms with Gasteiger partial charge in [0, 0.05) is 25.4 Å². The number of aromatic nitrogens is 2. The Morgan fingerprint density at radius 3 is 2.67 bits per heavy atom. The smallest absolute Gasteiger partial charge is 0.0665 e. The first-order valence-corrected chi connectivity index (χ1v) is 5.40. The average molecular weight is 207 g/mol. The molecular formula is C12H21N3. The highest BCUT2D eigenvalue weighted by Gasteiger charge is 2.05. The number of likely N-dealkylation sites (N-methyl/N-ethyl adjacent to an activating group) is 1. The van der Waals surface area contributed by atoms with E-state index in [9.17, 15) is 0 Å². The van der Waals surface area contributed by atoms with Crippen LogP contribution in [0.4, 0.5) is 0 Å². The van der Waals surface area contributed by atoms with Crippen LogP contribution in [-0.4, -0.2) is 23.4 Å². The minimum absolute atomic E-state index is 0.567. The van der Waals surface area contributed by atoms with E-state index in [-0.39, 0.29) is 0 Å². The minimum atomic E-state index is 0.567. The molecule has 0 spiro atoms. The lowest BCUT2D eigenvalue weighted by atomic mass is 10.0. The Kier molecular flexibility index (Phi) is 4.09. The van der Waals surface area contributed by atoms with Crippen molar-refractivity contribution in [2.75, 3.05) is 13.6 Å². The van der Waals surface area contributed by atoms with Crippen molar-refractivity contribution in [3.05, 3.63) is 23.0 Å². The second-order valence-corrected chi connectivity index (χ2v) is 4.25. The summed E-state index contributed by atoms with van der Waals surface area (Å²) in [6.45, 7) is 7.42. The van der Waals surface area contributed by atoms with E-state index < -0.39 is 0 Å². The van der Waals surface area contributed by atoms with Gasteiger partial charge in [0.05, 0.1) is 5.69 Å². The van der Waals surface area contributed by atoms with Crippen molar-refractivity contribution in [1.82, 2.24) is 15.1 Å². The van der Waals surface area contributed by atoms with Gasteiger partial charge in [-0.25, -0.2) is 0 Å². The zero-order valence-electron chi connectivity index (χ0n) is 10.3. The van der Waals surface area contributed by atoms with Gasteiger partial charge >= 0.3 is 0 Å². The Hall–Kier alpha value is -1.09. The summed E-state index contributed by atoms with van der Waals surface area (Å²) in [5, 5.41) is 7.54. The van der Waals surface area contributed by atoms with Gasteiger partial charge < -0.3 is 5.32 Å². The number of nitrogens with one attached hydrogen (secondary N) is 1. The van der Waals surface area contributed by atoms with Crippen LogP contribution in [0.5, 0.6) is 0 Å². The Bertz CT molecular complexity index is 348. The molecule has 0 aliphatic heterocycles. The zero-order valence-corrected chi connectivity index (χ0v) is 10.3. The number of aryl methyl sites for hydroxylation is 2. The fourth-order valence-corrected chi connectivity index (χ4v) is 1.59. The number of hydrogen-bond donors (Lipinski definition) is 1. The lowest BCUT2D eigenvalue weighted by molar-refractivity contribution is 0.713. The quantitative estimate of drug-likeness (QED) is 0.818. The van der Waals surface area contributed by atoms with E-state index >= 15 is 0 Å². The topological polar surface area (TPSA) is 29.9 Å². The maximum atomic E-state index is 4.34. The van der Waals surface area contributed by atoms with Crippen LogP contribution < -0.4 is 5.32 Å². The van der Waals surface area contributed by atoms with Crippen LogP contribution >= 0.6 is 0 Å². The van der Waals surface area contributed by atoms with E-state index in [1.54, 1.807) is 0 Å². The summed E-state index contributed by atoms with van der Waals surface area (Å²) in [5.41, 5.74) is 3.72. The van der Waals surface area contributed by atoms with Gasteiger partial charge in [-0.3, -0.25) is 4.68 Å². The van der Waals surface area contributed by atoms with Crippen molar-refractivity contribution in [2.45, 2.75) is 20.8 Å². The van der Waals surface area contributed by atoms with Crippen LogP contribution in [0.2, 0.25) is 0 Å². The molecule has 84 valence electrons. The molecule has 1 aromatic rings. The summed E-state index contributed by atoms with van der Waals surface area (Å²) in [4.78, 5) is 0. The summed E-state index contributed by atoms with van der Waals surface area (Å²) in [6.07, 6.45) is 4.30. The summed E-state index contributed by atoms with van der Waals surface area (Å²) in [5.74, 6) is 0.567. The van der Waals surface area contributed by atoms with Gasteiger partial charge in [-0.2, -0.15) is 5.10 Å². The van der Waals surface area contributed by atoms with Crippen molar-refractivity contribution in [2.24, 2.45) is 13.0 Å². The molecule has 0 saturated heterocycles. The van der Waals surface area contributed by atoms with Crippen molar-refractivity contribution in [3.8, 4) is 0 Å². The molecule has 0 aliphatic carbocycles. The molecule has 0 fully saturated rings. The van der Waals surface area contributed by atoms with Gasteiger partial charge in [-0.1, -0.05) is 25.5 Å². The largest absolute Gasteiger partial charge is 0.316 e. The van der Waals surface area contributed by atoms with Crippen LogP contribution in [0.25, 0.3) is 6.08 Å². The number of rotatable bonds is 4. The maximum absolute atomic E-state index is 4.34. The Labute approximate surface area is 92.2 Å². The van der Waals surface area contributed by atoms with E-state index in [1.165, 1.54) is 11.1 Å². The van der Waals surface area contributed by atoms with Gasteiger partial charge in [0.1, 0.15) is 0 Å². The molecule has 0 atom stereocenters. The van der Waals surface area contributed by atoms with E-state index in [0.29, 0.717) is 5.92 Å². The monoisotopic (exact) mass is 207 g/mol. The average Bonchev–Trinajstić information content (AvgIpc) is 2.44. The molecule has 3 nitrogen and oxygen atoms in total. The van der Waals surface area contributed by atoms with Crippen molar-refractivity contribution >= 4 is 6.08 Å². The predicted molar refractivity (Wildman–Crippen MR) is 64.7 cm³/mol. The third-order valence-corrected chi connectivity index (χ3v) is 2.51. The Balaban J connectivity index is 2.96. The van der Waals surface area contributed by atoms with E-state index in [1.807, 2.05) is 25.7 Å². The van der Waals surface area contributed by atoms with Gasteiger partial charge in [0.15, 0.2) is 0 Å². The third-order valence-electron chi connectivity index (χ3n) is 2.51. The molecule has 1 aromatic heterocycles. The summed E-state index contributed by atoms with van der Waals surface area (Å²) < 4.78 is 1.86. The lowest BCUT2D eigenvalue weighted by Gasteiger charge is -2.10. The molecule has 0 unspecified atom stereocenters. The molecule has 1 N–H and O–H groups in total. The molecule has 0 amide bonds. The summed E-state index contributed by atoms with van der Waals surface area (Å²) in [6, 6.07) is 0. The predicted octanol–water partition coefficient (Wildman–Crippen LogP) is 1.99. The molecule has 0 aliphatic rings. The van der Waals surface area contributed by atoms with Gasteiger partial charge in [0.2, 0.25) is 0 Å². The van der Waals surface area contributed by atoms with E-state index in [2.05, 4.69) is 36.5 Å². The maximum Gasteiger partial charge on any atom is 0.0665 e. The highest BCUT2D eigenvalue weighted by molar-refractivity contribution is 5.54. The molecule has 15 heavy (non-hydrogen) atoms. The van der Waals surface area contributed by atoms with Gasteiger partial charge in [-0.05, 0) is 19.9 Å². The molecule has 3 heteroatoms. The molecular weight excluding hydrogens is 186 g/mol. The summed E-state index contributed by atoms with van der Waals surface area (Å²) >= 11 is 0. The van der Waals surface area contributed by atoms with Crippen LogP contribution in [0.3, 0.4) is 0 Å². The minimum Gasteiger partial charge on any atom is -0.316 e. The van der Waals surface area contributed by atoms with E-state index in [4.69, 9.17) is 0 Å². The standard InChI is InChI=1S/C12H21N3/c1-9(2)11(7-13-4)6-12-8-15(5)14-10(12)3/h6,8-9,13H,7H2,1-5H3. The van der Waals surface area contributed by atoms with Crippen LogP contribution in [0, 0.1) is 12.8 Å². The zero-order chi connectivity index (χ0) is 11.4.